The average molecular weight is 435 g/mol. The van der Waals surface area contributed by atoms with Crippen molar-refractivity contribution in [3.8, 4) is 0 Å². The highest BCUT2D eigenvalue weighted by Crippen LogP contribution is 2.37. The fourth-order valence-corrected chi connectivity index (χ4v) is 3.34. The first-order valence-electron chi connectivity index (χ1n) is 10.3. The molecule has 9 heteroatoms. The van der Waals surface area contributed by atoms with E-state index in [1.807, 2.05) is 0 Å². The summed E-state index contributed by atoms with van der Waals surface area (Å²) in [5.74, 6) is 0. The van der Waals surface area contributed by atoms with Gasteiger partial charge in [-0.15, -0.1) is 0 Å². The molecule has 172 valence electrons. The number of aliphatic hydroxyl groups excluding tert-OH is 4. The van der Waals surface area contributed by atoms with Crippen molar-refractivity contribution in [2.45, 2.75) is 38.3 Å². The Balaban J connectivity index is 2.31. The molecule has 2 aromatic rings. The van der Waals surface area contributed by atoms with Gasteiger partial charge in [0.1, 0.15) is 12.2 Å². The number of nitrogens with two attached hydrogens (primary N) is 2. The lowest BCUT2D eigenvalue weighted by Crippen LogP contribution is -2.27. The van der Waals surface area contributed by atoms with Crippen LogP contribution in [0.25, 0.3) is 0 Å². The Morgan fingerprint density at radius 2 is 1.16 bits per heavy atom. The van der Waals surface area contributed by atoms with Gasteiger partial charge in [0.05, 0.1) is 25.4 Å². The molecule has 10 N–H and O–H groups in total. The van der Waals surface area contributed by atoms with Crippen LogP contribution in [0, 0.1) is 0 Å². The van der Waals surface area contributed by atoms with Gasteiger partial charge in [-0.2, -0.15) is 0 Å². The lowest BCUT2D eigenvalue weighted by molar-refractivity contribution is -0.112. The van der Waals surface area contributed by atoms with Gasteiger partial charge in [-0.3, -0.25) is 0 Å². The van der Waals surface area contributed by atoms with Crippen molar-refractivity contribution in [2.24, 2.45) is 0 Å². The Labute approximate surface area is 182 Å². The third-order valence-electron chi connectivity index (χ3n) is 4.84. The number of rotatable bonds is 12. The standard InChI is InChI=1S/C22H34N4O5/c1-13(29)21(17-5-3-15(11-19(17)23)25-7-9-27)31-22(14(2)30)18-6-4-16(12-20(18)24)26-8-10-28/h3-6,11-14,21-22,25-30H,7-10,23-24H2,1-2H3. The summed E-state index contributed by atoms with van der Waals surface area (Å²) in [6, 6.07) is 10.5. The van der Waals surface area contributed by atoms with Gasteiger partial charge in [-0.25, -0.2) is 0 Å². The van der Waals surface area contributed by atoms with Gasteiger partial charge in [-0.05, 0) is 38.1 Å². The summed E-state index contributed by atoms with van der Waals surface area (Å²) >= 11 is 0. The van der Waals surface area contributed by atoms with E-state index in [1.165, 1.54) is 0 Å². The van der Waals surface area contributed by atoms with E-state index in [0.29, 0.717) is 35.6 Å². The number of aliphatic hydroxyl groups is 4. The molecule has 0 heterocycles. The molecule has 31 heavy (non-hydrogen) atoms. The summed E-state index contributed by atoms with van der Waals surface area (Å²) in [6.45, 7) is 3.95. The Morgan fingerprint density at radius 3 is 1.45 bits per heavy atom. The first-order valence-corrected chi connectivity index (χ1v) is 10.3. The van der Waals surface area contributed by atoms with Crippen molar-refractivity contribution < 1.29 is 25.2 Å². The number of hydrogen-bond acceptors (Lipinski definition) is 9. The van der Waals surface area contributed by atoms with E-state index >= 15 is 0 Å². The Morgan fingerprint density at radius 1 is 0.774 bits per heavy atom. The van der Waals surface area contributed by atoms with Crippen molar-refractivity contribution in [1.82, 2.24) is 0 Å². The fourth-order valence-electron chi connectivity index (χ4n) is 3.34. The van der Waals surface area contributed by atoms with E-state index in [9.17, 15) is 10.2 Å². The Bertz CT molecular complexity index is 764. The quantitative estimate of drug-likeness (QED) is 0.229. The van der Waals surface area contributed by atoms with Crippen LogP contribution in [-0.2, 0) is 4.74 Å². The van der Waals surface area contributed by atoms with E-state index < -0.39 is 24.4 Å². The van der Waals surface area contributed by atoms with Crippen molar-refractivity contribution in [3.05, 3.63) is 47.5 Å². The van der Waals surface area contributed by atoms with E-state index in [1.54, 1.807) is 50.2 Å². The van der Waals surface area contributed by atoms with Gasteiger partial charge < -0.3 is 47.3 Å². The predicted molar refractivity (Wildman–Crippen MR) is 123 cm³/mol. The monoisotopic (exact) mass is 434 g/mol. The largest absolute Gasteiger partial charge is 0.398 e. The molecule has 0 amide bonds. The van der Waals surface area contributed by atoms with Crippen molar-refractivity contribution in [1.29, 1.82) is 0 Å². The summed E-state index contributed by atoms with van der Waals surface area (Å²) in [7, 11) is 0. The number of nitrogens with one attached hydrogen (secondary N) is 2. The first-order chi connectivity index (χ1) is 14.8. The van der Waals surface area contributed by atoms with Crippen LogP contribution in [0.5, 0.6) is 0 Å². The second-order valence-corrected chi connectivity index (χ2v) is 7.45. The maximum atomic E-state index is 10.4. The van der Waals surface area contributed by atoms with Gasteiger partial charge in [0.25, 0.3) is 0 Å². The molecule has 0 aromatic heterocycles. The predicted octanol–water partition coefficient (Wildman–Crippen LogP) is 1.22. The third-order valence-corrected chi connectivity index (χ3v) is 4.84. The van der Waals surface area contributed by atoms with Crippen LogP contribution >= 0.6 is 0 Å². The molecule has 0 radical (unpaired) electrons. The summed E-state index contributed by atoms with van der Waals surface area (Å²) in [5, 5.41) is 44.8. The number of ether oxygens (including phenoxy) is 1. The maximum Gasteiger partial charge on any atom is 0.111 e. The molecular weight excluding hydrogens is 400 g/mol. The van der Waals surface area contributed by atoms with Crippen LogP contribution in [0.4, 0.5) is 22.7 Å². The molecule has 0 aliphatic rings. The van der Waals surface area contributed by atoms with Gasteiger partial charge >= 0.3 is 0 Å². The summed E-state index contributed by atoms with van der Waals surface area (Å²) in [5.41, 5.74) is 15.9. The Hall–Kier alpha value is -2.56. The molecule has 0 aliphatic heterocycles. The zero-order valence-electron chi connectivity index (χ0n) is 18.0. The SMILES string of the molecule is CC(O)C(OC(c1ccc(NCCO)cc1N)C(C)O)c1ccc(NCCO)cc1N. The van der Waals surface area contributed by atoms with Gasteiger partial charge in [-0.1, -0.05) is 12.1 Å². The van der Waals surface area contributed by atoms with E-state index in [4.69, 9.17) is 26.4 Å². The molecule has 0 bridgehead atoms. The summed E-state index contributed by atoms with van der Waals surface area (Å²) < 4.78 is 6.17. The van der Waals surface area contributed by atoms with Crippen molar-refractivity contribution in [3.63, 3.8) is 0 Å². The normalized spacial score (nSPS) is 15.2. The van der Waals surface area contributed by atoms with E-state index in [2.05, 4.69) is 10.6 Å². The second-order valence-electron chi connectivity index (χ2n) is 7.45. The minimum atomic E-state index is -0.911. The lowest BCUT2D eigenvalue weighted by atomic mass is 9.99. The maximum absolute atomic E-state index is 10.4. The number of nitrogen functional groups attached to an aromatic ring is 2. The molecule has 0 fully saturated rings. The molecule has 2 rings (SSSR count). The highest BCUT2D eigenvalue weighted by Gasteiger charge is 2.29. The third kappa shape index (κ3) is 6.71. The summed E-state index contributed by atoms with van der Waals surface area (Å²) in [6.07, 6.45) is -3.44. The van der Waals surface area contributed by atoms with E-state index in [0.717, 1.165) is 11.4 Å². The zero-order valence-corrected chi connectivity index (χ0v) is 18.0. The average Bonchev–Trinajstić information content (AvgIpc) is 2.72. The highest BCUT2D eigenvalue weighted by atomic mass is 16.5. The smallest absolute Gasteiger partial charge is 0.111 e. The van der Waals surface area contributed by atoms with Gasteiger partial charge in [0.15, 0.2) is 0 Å². The summed E-state index contributed by atoms with van der Waals surface area (Å²) in [4.78, 5) is 0. The van der Waals surface area contributed by atoms with Crippen LogP contribution in [0.2, 0.25) is 0 Å². The molecular formula is C22H34N4O5. The lowest BCUT2D eigenvalue weighted by Gasteiger charge is -2.30. The molecule has 2 aromatic carbocycles. The minimum absolute atomic E-state index is 0.00708. The van der Waals surface area contributed by atoms with Crippen LogP contribution in [0.3, 0.4) is 0 Å². The molecule has 4 atom stereocenters. The van der Waals surface area contributed by atoms with Crippen molar-refractivity contribution >= 4 is 22.7 Å². The van der Waals surface area contributed by atoms with Gasteiger partial charge in [0, 0.05) is 47.0 Å². The molecule has 9 nitrogen and oxygen atoms in total. The van der Waals surface area contributed by atoms with Crippen LogP contribution < -0.4 is 22.1 Å². The van der Waals surface area contributed by atoms with E-state index in [-0.39, 0.29) is 13.2 Å². The van der Waals surface area contributed by atoms with Crippen LogP contribution in [0.15, 0.2) is 36.4 Å². The molecule has 0 saturated carbocycles. The Kier molecular flexibility index (Phi) is 9.35. The first kappa shape index (κ1) is 24.7. The van der Waals surface area contributed by atoms with Crippen LogP contribution in [-0.4, -0.2) is 58.9 Å². The number of anilines is 4. The molecule has 0 spiro atoms. The zero-order chi connectivity index (χ0) is 23.0. The van der Waals surface area contributed by atoms with Crippen LogP contribution in [0.1, 0.15) is 37.2 Å². The number of hydrogen-bond donors (Lipinski definition) is 8. The van der Waals surface area contributed by atoms with Gasteiger partial charge in [0.2, 0.25) is 0 Å². The molecule has 0 aliphatic carbocycles. The fraction of sp³-hybridized carbons (Fsp3) is 0.455. The highest BCUT2D eigenvalue weighted by molar-refractivity contribution is 5.61. The number of benzene rings is 2. The second kappa shape index (κ2) is 11.7. The topological polar surface area (TPSA) is 166 Å². The molecule has 0 saturated heterocycles. The minimum Gasteiger partial charge on any atom is -0.398 e. The van der Waals surface area contributed by atoms with Crippen molar-refractivity contribution in [2.75, 3.05) is 48.4 Å². The molecule has 4 unspecified atom stereocenters.